The number of sulfone groups is 1. The van der Waals surface area contributed by atoms with E-state index in [9.17, 15) is 8.42 Å². The van der Waals surface area contributed by atoms with Crippen molar-refractivity contribution in [3.05, 3.63) is 77.9 Å². The van der Waals surface area contributed by atoms with Crippen LogP contribution in [0, 0.1) is 0 Å². The average Bonchev–Trinajstić information content (AvgIpc) is 2.54. The zero-order chi connectivity index (χ0) is 17.4. The topological polar surface area (TPSA) is 34.1 Å². The lowest BCUT2D eigenvalue weighted by Gasteiger charge is -2.19. The van der Waals surface area contributed by atoms with Gasteiger partial charge < -0.3 is 0 Å². The van der Waals surface area contributed by atoms with Gasteiger partial charge in [-0.2, -0.15) is 0 Å². The molecule has 0 fully saturated rings. The molecule has 0 heterocycles. The van der Waals surface area contributed by atoms with Crippen molar-refractivity contribution >= 4 is 20.6 Å². The van der Waals surface area contributed by atoms with Gasteiger partial charge in [-0.25, -0.2) is 8.42 Å². The number of benzene rings is 3. The predicted molar refractivity (Wildman–Crippen MR) is 100.0 cm³/mol. The minimum Gasteiger partial charge on any atom is -0.223 e. The lowest BCUT2D eigenvalue weighted by atomic mass is 9.87. The second kappa shape index (κ2) is 6.06. The average molecular weight is 338 g/mol. The molecule has 0 amide bonds. The van der Waals surface area contributed by atoms with Crippen molar-refractivity contribution < 1.29 is 8.42 Å². The van der Waals surface area contributed by atoms with Crippen molar-refractivity contribution in [1.82, 2.24) is 0 Å². The first-order valence-electron chi connectivity index (χ1n) is 8.07. The Balaban J connectivity index is 1.89. The Kier molecular flexibility index (Phi) is 4.22. The van der Waals surface area contributed by atoms with Gasteiger partial charge in [0.15, 0.2) is 9.84 Å². The summed E-state index contributed by atoms with van der Waals surface area (Å²) >= 11 is 0. The van der Waals surface area contributed by atoms with Crippen LogP contribution >= 0.6 is 0 Å². The maximum absolute atomic E-state index is 12.7. The fraction of sp³-hybridized carbons (Fsp3) is 0.238. The minimum absolute atomic E-state index is 0.0145. The SMILES string of the molecule is CC(C)(C)c1ccc(S(=O)(=O)Cc2ccc3ccccc3c2)cc1. The predicted octanol–water partition coefficient (Wildman–Crippen LogP) is 5.11. The molecule has 0 N–H and O–H groups in total. The Hall–Kier alpha value is -2.13. The summed E-state index contributed by atoms with van der Waals surface area (Å²) in [5, 5.41) is 2.18. The molecule has 0 radical (unpaired) electrons. The van der Waals surface area contributed by atoms with Gasteiger partial charge in [-0.15, -0.1) is 0 Å². The van der Waals surface area contributed by atoms with Crippen LogP contribution in [-0.4, -0.2) is 8.42 Å². The van der Waals surface area contributed by atoms with Crippen molar-refractivity contribution in [3.63, 3.8) is 0 Å². The van der Waals surface area contributed by atoms with Gasteiger partial charge in [0, 0.05) is 0 Å². The van der Waals surface area contributed by atoms with Crippen molar-refractivity contribution in [3.8, 4) is 0 Å². The summed E-state index contributed by atoms with van der Waals surface area (Å²) in [6, 6.07) is 21.1. The van der Waals surface area contributed by atoms with Crippen LogP contribution < -0.4 is 0 Å². The minimum atomic E-state index is -3.34. The van der Waals surface area contributed by atoms with Crippen LogP contribution in [0.5, 0.6) is 0 Å². The smallest absolute Gasteiger partial charge is 0.182 e. The van der Waals surface area contributed by atoms with E-state index in [0.717, 1.165) is 21.9 Å². The standard InChI is InChI=1S/C21H22O2S/c1-21(2,3)19-10-12-20(13-11-19)24(22,23)15-16-8-9-17-6-4-5-7-18(17)14-16/h4-14H,15H2,1-3H3. The summed E-state index contributed by atoms with van der Waals surface area (Å²) in [6.07, 6.45) is 0. The van der Waals surface area contributed by atoms with E-state index in [1.54, 1.807) is 12.1 Å². The molecule has 3 rings (SSSR count). The van der Waals surface area contributed by atoms with Crippen molar-refractivity contribution in [2.75, 3.05) is 0 Å². The summed E-state index contributed by atoms with van der Waals surface area (Å²) in [4.78, 5) is 0.378. The monoisotopic (exact) mass is 338 g/mol. The van der Waals surface area contributed by atoms with Gasteiger partial charge in [0.1, 0.15) is 0 Å². The van der Waals surface area contributed by atoms with E-state index in [4.69, 9.17) is 0 Å². The maximum Gasteiger partial charge on any atom is 0.182 e. The molecule has 24 heavy (non-hydrogen) atoms. The van der Waals surface area contributed by atoms with E-state index in [1.165, 1.54) is 0 Å². The van der Waals surface area contributed by atoms with E-state index in [-0.39, 0.29) is 11.2 Å². The van der Waals surface area contributed by atoms with Gasteiger partial charge in [0.2, 0.25) is 0 Å². The van der Waals surface area contributed by atoms with Crippen molar-refractivity contribution in [1.29, 1.82) is 0 Å². The number of hydrogen-bond acceptors (Lipinski definition) is 2. The molecule has 0 aliphatic heterocycles. The fourth-order valence-corrected chi connectivity index (χ4v) is 4.13. The van der Waals surface area contributed by atoms with E-state index < -0.39 is 9.84 Å². The molecule has 0 spiro atoms. The van der Waals surface area contributed by atoms with Gasteiger partial charge in [-0.05, 0) is 39.4 Å². The van der Waals surface area contributed by atoms with E-state index in [1.807, 2.05) is 54.6 Å². The van der Waals surface area contributed by atoms with Gasteiger partial charge >= 0.3 is 0 Å². The van der Waals surface area contributed by atoms with Gasteiger partial charge in [-0.1, -0.05) is 75.4 Å². The molecular weight excluding hydrogens is 316 g/mol. The molecule has 3 aromatic rings. The Morgan fingerprint density at radius 1 is 0.792 bits per heavy atom. The van der Waals surface area contributed by atoms with Gasteiger partial charge in [0.05, 0.1) is 10.6 Å². The molecule has 124 valence electrons. The molecule has 3 aromatic carbocycles. The van der Waals surface area contributed by atoms with Gasteiger partial charge in [-0.3, -0.25) is 0 Å². The van der Waals surface area contributed by atoms with Crippen LogP contribution in [0.3, 0.4) is 0 Å². The third-order valence-electron chi connectivity index (χ3n) is 4.25. The van der Waals surface area contributed by atoms with Crippen molar-refractivity contribution in [2.24, 2.45) is 0 Å². The molecule has 2 nitrogen and oxygen atoms in total. The first-order chi connectivity index (χ1) is 11.3. The van der Waals surface area contributed by atoms with Crippen LogP contribution in [0.15, 0.2) is 71.6 Å². The number of rotatable bonds is 3. The third kappa shape index (κ3) is 3.51. The molecule has 0 saturated carbocycles. The van der Waals surface area contributed by atoms with Crippen LogP contribution in [0.1, 0.15) is 31.9 Å². The first-order valence-corrected chi connectivity index (χ1v) is 9.72. The van der Waals surface area contributed by atoms with Crippen LogP contribution in [-0.2, 0) is 21.0 Å². The molecule has 0 atom stereocenters. The Morgan fingerprint density at radius 2 is 1.42 bits per heavy atom. The molecule has 3 heteroatoms. The Labute approximate surface area is 144 Å². The fourth-order valence-electron chi connectivity index (χ4n) is 2.79. The van der Waals surface area contributed by atoms with E-state index in [0.29, 0.717) is 4.90 Å². The number of hydrogen-bond donors (Lipinski definition) is 0. The largest absolute Gasteiger partial charge is 0.223 e. The highest BCUT2D eigenvalue weighted by Gasteiger charge is 2.18. The molecular formula is C21H22O2S. The first kappa shape index (κ1) is 16.7. The van der Waals surface area contributed by atoms with Crippen LogP contribution in [0.4, 0.5) is 0 Å². The lowest BCUT2D eigenvalue weighted by molar-refractivity contribution is 0.586. The zero-order valence-corrected chi connectivity index (χ0v) is 15.1. The summed E-state index contributed by atoms with van der Waals surface area (Å²) in [5.74, 6) is 0.0205. The second-order valence-corrected chi connectivity index (χ2v) is 9.20. The highest BCUT2D eigenvalue weighted by Crippen LogP contribution is 2.25. The molecule has 0 unspecified atom stereocenters. The molecule has 0 aliphatic carbocycles. The zero-order valence-electron chi connectivity index (χ0n) is 14.3. The number of fused-ring (bicyclic) bond motifs is 1. The summed E-state index contributed by atoms with van der Waals surface area (Å²) in [6.45, 7) is 6.35. The molecule has 0 bridgehead atoms. The maximum atomic E-state index is 12.7. The Bertz CT molecular complexity index is 963. The highest BCUT2D eigenvalue weighted by molar-refractivity contribution is 7.90. The highest BCUT2D eigenvalue weighted by atomic mass is 32.2. The van der Waals surface area contributed by atoms with Crippen LogP contribution in [0.25, 0.3) is 10.8 Å². The third-order valence-corrected chi connectivity index (χ3v) is 5.95. The quantitative estimate of drug-likeness (QED) is 0.665. The van der Waals surface area contributed by atoms with E-state index >= 15 is 0 Å². The lowest BCUT2D eigenvalue weighted by Crippen LogP contribution is -2.11. The summed E-state index contributed by atoms with van der Waals surface area (Å²) < 4.78 is 25.4. The molecule has 0 aliphatic rings. The van der Waals surface area contributed by atoms with E-state index in [2.05, 4.69) is 20.8 Å². The van der Waals surface area contributed by atoms with Crippen LogP contribution in [0.2, 0.25) is 0 Å². The van der Waals surface area contributed by atoms with Crippen molar-refractivity contribution in [2.45, 2.75) is 36.8 Å². The molecule has 0 aromatic heterocycles. The molecule has 0 saturated heterocycles. The van der Waals surface area contributed by atoms with Gasteiger partial charge in [0.25, 0.3) is 0 Å². The summed E-state index contributed by atoms with van der Waals surface area (Å²) in [7, 11) is -3.34. The Morgan fingerprint density at radius 3 is 2.04 bits per heavy atom. The summed E-state index contributed by atoms with van der Waals surface area (Å²) in [5.41, 5.74) is 1.96. The second-order valence-electron chi connectivity index (χ2n) is 7.21. The normalized spacial score (nSPS) is 12.5.